The lowest BCUT2D eigenvalue weighted by Gasteiger charge is -2.14. The smallest absolute Gasteiger partial charge is 0.263 e. The number of thiophene rings is 1. The number of aliphatic hydroxyl groups excluding tert-OH is 1. The van der Waals surface area contributed by atoms with E-state index in [2.05, 4.69) is 11.4 Å². The largest absolute Gasteiger partial charge is 0.397 e. The zero-order valence-corrected chi connectivity index (χ0v) is 12.9. The summed E-state index contributed by atoms with van der Waals surface area (Å²) in [6, 6.07) is 6.04. The number of nitrogens with two attached hydrogens (primary N) is 1. The fourth-order valence-electron chi connectivity index (χ4n) is 2.67. The molecule has 1 aliphatic carbocycles. The van der Waals surface area contributed by atoms with Gasteiger partial charge >= 0.3 is 0 Å². The third-order valence-electron chi connectivity index (χ3n) is 4.31. The van der Waals surface area contributed by atoms with Crippen molar-refractivity contribution in [2.24, 2.45) is 5.41 Å². The maximum atomic E-state index is 12.4. The highest BCUT2D eigenvalue weighted by Crippen LogP contribution is 2.48. The minimum Gasteiger partial charge on any atom is -0.397 e. The first kappa shape index (κ1) is 14.4. The Morgan fingerprint density at radius 3 is 2.90 bits per heavy atom. The van der Waals surface area contributed by atoms with Crippen LogP contribution in [-0.2, 0) is 0 Å². The van der Waals surface area contributed by atoms with E-state index in [1.807, 2.05) is 19.1 Å². The highest BCUT2D eigenvalue weighted by molar-refractivity contribution is 7.21. The summed E-state index contributed by atoms with van der Waals surface area (Å²) in [5.74, 6) is -0.101. The number of nitrogen functional groups attached to an aromatic ring is 1. The normalized spacial score (nSPS) is 16.1. The van der Waals surface area contributed by atoms with Gasteiger partial charge in [-0.2, -0.15) is 0 Å². The Hall–Kier alpha value is -1.59. The van der Waals surface area contributed by atoms with Crippen molar-refractivity contribution in [1.29, 1.82) is 0 Å². The Morgan fingerprint density at radius 2 is 2.24 bits per heavy atom. The number of hydrogen-bond donors (Lipinski definition) is 3. The van der Waals surface area contributed by atoms with Gasteiger partial charge in [0.15, 0.2) is 0 Å². The third-order valence-corrected chi connectivity index (χ3v) is 5.48. The zero-order chi connectivity index (χ0) is 15.0. The highest BCUT2D eigenvalue weighted by Gasteiger charge is 2.42. The summed E-state index contributed by atoms with van der Waals surface area (Å²) < 4.78 is 1.05. The van der Waals surface area contributed by atoms with E-state index in [9.17, 15) is 4.79 Å². The number of aliphatic hydroxyl groups is 1. The summed E-state index contributed by atoms with van der Waals surface area (Å²) in [6.45, 7) is 2.83. The summed E-state index contributed by atoms with van der Waals surface area (Å²) in [5, 5.41) is 13.0. The number of carbonyl (C=O) groups is 1. The predicted octanol–water partition coefficient (Wildman–Crippen LogP) is 2.68. The van der Waals surface area contributed by atoms with Crippen molar-refractivity contribution in [3.05, 3.63) is 28.6 Å². The molecule has 2 aromatic rings. The lowest BCUT2D eigenvalue weighted by Crippen LogP contribution is -2.30. The molecule has 0 spiro atoms. The van der Waals surface area contributed by atoms with Crippen LogP contribution >= 0.6 is 11.3 Å². The Labute approximate surface area is 128 Å². The molecule has 1 heterocycles. The maximum Gasteiger partial charge on any atom is 0.263 e. The van der Waals surface area contributed by atoms with Crippen molar-refractivity contribution < 1.29 is 9.90 Å². The van der Waals surface area contributed by atoms with Gasteiger partial charge in [0.05, 0.1) is 5.69 Å². The van der Waals surface area contributed by atoms with Gasteiger partial charge in [-0.25, -0.2) is 0 Å². The maximum absolute atomic E-state index is 12.4. The first-order valence-corrected chi connectivity index (χ1v) is 8.04. The van der Waals surface area contributed by atoms with E-state index in [4.69, 9.17) is 10.8 Å². The average Bonchev–Trinajstić information content (AvgIpc) is 3.15. The molecule has 1 aromatic heterocycles. The van der Waals surface area contributed by atoms with E-state index in [1.165, 1.54) is 11.3 Å². The van der Waals surface area contributed by atoms with Crippen LogP contribution < -0.4 is 11.1 Å². The molecule has 1 saturated carbocycles. The number of anilines is 1. The zero-order valence-electron chi connectivity index (χ0n) is 12.1. The first-order valence-electron chi connectivity index (χ1n) is 7.22. The summed E-state index contributed by atoms with van der Waals surface area (Å²) in [4.78, 5) is 12.9. The van der Waals surface area contributed by atoms with Gasteiger partial charge in [-0.15, -0.1) is 11.3 Å². The first-order chi connectivity index (χ1) is 10.0. The number of fused-ring (bicyclic) bond motifs is 1. The standard InChI is InChI=1S/C16H20N2O2S/c1-10-2-3-11-12(8-10)21-14(13(11)17)15(20)18-9-16(4-5-16)6-7-19/h2-3,8,19H,4-7,9,17H2,1H3,(H,18,20). The summed E-state index contributed by atoms with van der Waals surface area (Å²) >= 11 is 1.44. The van der Waals surface area contributed by atoms with Crippen molar-refractivity contribution in [3.8, 4) is 0 Å². The van der Waals surface area contributed by atoms with Crippen LogP contribution in [-0.4, -0.2) is 24.2 Å². The lowest BCUT2D eigenvalue weighted by molar-refractivity contribution is 0.0945. The summed E-state index contributed by atoms with van der Waals surface area (Å²) in [5.41, 5.74) is 7.96. The van der Waals surface area contributed by atoms with Gasteiger partial charge in [0, 0.05) is 23.2 Å². The topological polar surface area (TPSA) is 75.4 Å². The molecule has 0 radical (unpaired) electrons. The summed E-state index contributed by atoms with van der Waals surface area (Å²) in [6.07, 6.45) is 2.91. The quantitative estimate of drug-likeness (QED) is 0.795. The van der Waals surface area contributed by atoms with Crippen molar-refractivity contribution in [3.63, 3.8) is 0 Å². The summed E-state index contributed by atoms with van der Waals surface area (Å²) in [7, 11) is 0. The molecule has 4 N–H and O–H groups in total. The highest BCUT2D eigenvalue weighted by atomic mass is 32.1. The number of rotatable bonds is 5. The lowest BCUT2D eigenvalue weighted by atomic mass is 10.0. The second-order valence-corrected chi connectivity index (χ2v) is 7.05. The SMILES string of the molecule is Cc1ccc2c(N)c(C(=O)NCC3(CCO)CC3)sc2c1. The molecule has 0 unspecified atom stereocenters. The van der Waals surface area contributed by atoms with Gasteiger partial charge in [0.2, 0.25) is 0 Å². The van der Waals surface area contributed by atoms with Crippen LogP contribution in [0.1, 0.15) is 34.5 Å². The van der Waals surface area contributed by atoms with Crippen LogP contribution in [0.5, 0.6) is 0 Å². The Morgan fingerprint density at radius 1 is 1.48 bits per heavy atom. The van der Waals surface area contributed by atoms with Crippen LogP contribution in [0.4, 0.5) is 5.69 Å². The minimum atomic E-state index is -0.101. The number of carbonyl (C=O) groups excluding carboxylic acids is 1. The van der Waals surface area contributed by atoms with Crippen molar-refractivity contribution in [1.82, 2.24) is 5.32 Å². The van der Waals surface area contributed by atoms with Crippen molar-refractivity contribution in [2.45, 2.75) is 26.2 Å². The molecule has 0 bridgehead atoms. The molecule has 112 valence electrons. The van der Waals surface area contributed by atoms with Gasteiger partial charge in [0.25, 0.3) is 5.91 Å². The van der Waals surface area contributed by atoms with Crippen LogP contribution in [0, 0.1) is 12.3 Å². The van der Waals surface area contributed by atoms with Gasteiger partial charge in [-0.05, 0) is 43.2 Å². The molecule has 0 aliphatic heterocycles. The number of amides is 1. The van der Waals surface area contributed by atoms with Crippen molar-refractivity contribution >= 4 is 33.0 Å². The number of hydrogen-bond acceptors (Lipinski definition) is 4. The number of benzene rings is 1. The van der Waals surface area contributed by atoms with E-state index in [1.54, 1.807) is 0 Å². The second kappa shape index (κ2) is 5.31. The predicted molar refractivity (Wildman–Crippen MR) is 86.7 cm³/mol. The molecule has 1 fully saturated rings. The van der Waals surface area contributed by atoms with Gasteiger partial charge in [0.1, 0.15) is 4.88 Å². The van der Waals surface area contributed by atoms with Gasteiger partial charge in [-0.3, -0.25) is 4.79 Å². The average molecular weight is 304 g/mol. The monoisotopic (exact) mass is 304 g/mol. The molecular formula is C16H20N2O2S. The Balaban J connectivity index is 1.77. The van der Waals surface area contributed by atoms with E-state index in [0.717, 1.165) is 34.9 Å². The van der Waals surface area contributed by atoms with E-state index < -0.39 is 0 Å². The van der Waals surface area contributed by atoms with E-state index >= 15 is 0 Å². The minimum absolute atomic E-state index is 0.101. The molecule has 1 aromatic carbocycles. The molecule has 21 heavy (non-hydrogen) atoms. The number of aryl methyl sites for hydroxylation is 1. The van der Waals surface area contributed by atoms with Gasteiger partial charge < -0.3 is 16.2 Å². The van der Waals surface area contributed by atoms with E-state index in [-0.39, 0.29) is 17.9 Å². The van der Waals surface area contributed by atoms with E-state index in [0.29, 0.717) is 17.1 Å². The Bertz CT molecular complexity index is 689. The molecule has 5 heteroatoms. The molecule has 3 rings (SSSR count). The van der Waals surface area contributed by atoms with Crippen molar-refractivity contribution in [2.75, 3.05) is 18.9 Å². The molecular weight excluding hydrogens is 284 g/mol. The molecule has 1 aliphatic rings. The van der Waals surface area contributed by atoms with Crippen LogP contribution in [0.25, 0.3) is 10.1 Å². The molecule has 1 amide bonds. The number of nitrogens with one attached hydrogen (secondary N) is 1. The van der Waals surface area contributed by atoms with Crippen LogP contribution in [0.3, 0.4) is 0 Å². The third kappa shape index (κ3) is 2.76. The molecule has 0 saturated heterocycles. The van der Waals surface area contributed by atoms with Gasteiger partial charge in [-0.1, -0.05) is 12.1 Å². The fourth-order valence-corrected chi connectivity index (χ4v) is 3.81. The molecule has 4 nitrogen and oxygen atoms in total. The fraction of sp³-hybridized carbons (Fsp3) is 0.438. The second-order valence-electron chi connectivity index (χ2n) is 6.00. The Kier molecular flexibility index (Phi) is 3.63. The van der Waals surface area contributed by atoms with Crippen LogP contribution in [0.15, 0.2) is 18.2 Å². The van der Waals surface area contributed by atoms with Crippen LogP contribution in [0.2, 0.25) is 0 Å². The molecule has 0 atom stereocenters.